The van der Waals surface area contributed by atoms with Gasteiger partial charge in [-0.05, 0) is 65.4 Å². The second-order valence-corrected chi connectivity index (χ2v) is 7.64. The molecule has 0 saturated carbocycles. The van der Waals surface area contributed by atoms with E-state index in [1.807, 2.05) is 6.07 Å². The first-order valence-corrected chi connectivity index (χ1v) is 10.1. The molecular weight excluding hydrogens is 368 g/mol. The van der Waals surface area contributed by atoms with Gasteiger partial charge >= 0.3 is 0 Å². The van der Waals surface area contributed by atoms with Gasteiger partial charge in [0.1, 0.15) is 11.6 Å². The normalized spacial score (nSPS) is 14.3. The molecule has 2 nitrogen and oxygen atoms in total. The van der Waals surface area contributed by atoms with Crippen molar-refractivity contribution in [1.82, 2.24) is 0 Å². The maximum atomic E-state index is 13.5. The average Bonchev–Trinajstić information content (AvgIpc) is 3.14. The predicted octanol–water partition coefficient (Wildman–Crippen LogP) is 5.95. The van der Waals surface area contributed by atoms with Crippen molar-refractivity contribution in [3.8, 4) is 0 Å². The van der Waals surface area contributed by atoms with Crippen molar-refractivity contribution < 1.29 is 13.9 Å². The third-order valence-electron chi connectivity index (χ3n) is 5.67. The van der Waals surface area contributed by atoms with Crippen LogP contribution in [0, 0.1) is 11.6 Å². The Labute approximate surface area is 170 Å². The molecule has 4 heteroatoms. The van der Waals surface area contributed by atoms with Gasteiger partial charge in [-0.2, -0.15) is 0 Å². The van der Waals surface area contributed by atoms with Gasteiger partial charge in [-0.1, -0.05) is 49.7 Å². The molecule has 1 N–H and O–H groups in total. The highest BCUT2D eigenvalue weighted by Crippen LogP contribution is 2.40. The maximum absolute atomic E-state index is 13.5. The summed E-state index contributed by atoms with van der Waals surface area (Å²) in [4.78, 5) is 2.28. The van der Waals surface area contributed by atoms with Crippen molar-refractivity contribution in [3.63, 3.8) is 0 Å². The van der Waals surface area contributed by atoms with Gasteiger partial charge in [-0.3, -0.25) is 0 Å². The van der Waals surface area contributed by atoms with Gasteiger partial charge in [0, 0.05) is 12.2 Å². The summed E-state index contributed by atoms with van der Waals surface area (Å²) in [6.45, 7) is 2.87. The first-order chi connectivity index (χ1) is 14.1. The van der Waals surface area contributed by atoms with E-state index in [4.69, 9.17) is 0 Å². The van der Waals surface area contributed by atoms with E-state index in [9.17, 15) is 13.9 Å². The maximum Gasteiger partial charge on any atom is 0.123 e. The van der Waals surface area contributed by atoms with Gasteiger partial charge in [0.25, 0.3) is 0 Å². The number of nitrogens with zero attached hydrogens (tertiary/aromatic N) is 1. The van der Waals surface area contributed by atoms with Crippen LogP contribution in [0.2, 0.25) is 0 Å². The third kappa shape index (κ3) is 4.03. The minimum atomic E-state index is -0.440. The Morgan fingerprint density at radius 2 is 1.41 bits per heavy atom. The average molecular weight is 393 g/mol. The molecule has 0 aromatic heterocycles. The molecule has 29 heavy (non-hydrogen) atoms. The van der Waals surface area contributed by atoms with Crippen molar-refractivity contribution in [3.05, 3.63) is 101 Å². The summed E-state index contributed by atoms with van der Waals surface area (Å²) < 4.78 is 27.0. The summed E-state index contributed by atoms with van der Waals surface area (Å²) in [6.07, 6.45) is 2.11. The fourth-order valence-electron chi connectivity index (χ4n) is 4.21. The van der Waals surface area contributed by atoms with Gasteiger partial charge in [0.2, 0.25) is 0 Å². The molecule has 1 heterocycles. The molecular formula is C25H25F2NO. The first kappa shape index (κ1) is 19.6. The van der Waals surface area contributed by atoms with Gasteiger partial charge < -0.3 is 10.0 Å². The lowest BCUT2D eigenvalue weighted by Gasteiger charge is -2.31. The second-order valence-electron chi connectivity index (χ2n) is 7.64. The first-order valence-electron chi connectivity index (χ1n) is 10.1. The van der Waals surface area contributed by atoms with Crippen LogP contribution >= 0.6 is 0 Å². The number of aliphatic hydroxyl groups is 1. The zero-order valence-corrected chi connectivity index (χ0v) is 16.5. The molecule has 1 atom stereocenters. The number of hydrogen-bond donors (Lipinski definition) is 1. The zero-order chi connectivity index (χ0) is 20.4. The summed E-state index contributed by atoms with van der Waals surface area (Å²) in [6, 6.07) is 19.1. The fraction of sp³-hybridized carbons (Fsp3) is 0.280. The van der Waals surface area contributed by atoms with E-state index in [-0.39, 0.29) is 17.7 Å². The third-order valence-corrected chi connectivity index (χ3v) is 5.67. The van der Waals surface area contributed by atoms with E-state index in [1.54, 1.807) is 24.3 Å². The summed E-state index contributed by atoms with van der Waals surface area (Å²) in [5.41, 5.74) is 5.18. The molecule has 0 fully saturated rings. The lowest BCUT2D eigenvalue weighted by Crippen LogP contribution is -2.27. The Balaban J connectivity index is 1.73. The van der Waals surface area contributed by atoms with Gasteiger partial charge in [0.15, 0.2) is 0 Å². The molecule has 0 spiro atoms. The van der Waals surface area contributed by atoms with Crippen LogP contribution in [-0.2, 0) is 6.42 Å². The van der Waals surface area contributed by atoms with E-state index < -0.39 is 6.10 Å². The number of fused-ring (bicyclic) bond motifs is 1. The standard InChI is InChI=1S/C25H25F2NO/c1-2-3-24(29)20-8-13-23-19(16-20)14-15-28(23)25(17-4-9-21(26)10-5-17)18-6-11-22(27)12-7-18/h4-13,16,24-25,29H,2-3,14-15H2,1H3. The second kappa shape index (κ2) is 8.34. The van der Waals surface area contributed by atoms with Crippen LogP contribution in [0.25, 0.3) is 0 Å². The van der Waals surface area contributed by atoms with Crippen LogP contribution in [0.15, 0.2) is 66.7 Å². The van der Waals surface area contributed by atoms with Crippen LogP contribution in [0.3, 0.4) is 0 Å². The molecule has 1 aliphatic rings. The lowest BCUT2D eigenvalue weighted by atomic mass is 9.96. The summed E-state index contributed by atoms with van der Waals surface area (Å²) >= 11 is 0. The van der Waals surface area contributed by atoms with Crippen LogP contribution < -0.4 is 4.90 Å². The molecule has 3 aromatic rings. The smallest absolute Gasteiger partial charge is 0.123 e. The number of rotatable bonds is 6. The van der Waals surface area contributed by atoms with Crippen LogP contribution in [0.5, 0.6) is 0 Å². The molecule has 3 aromatic carbocycles. The van der Waals surface area contributed by atoms with Crippen LogP contribution in [0.4, 0.5) is 14.5 Å². The Hall–Kier alpha value is -2.72. The molecule has 150 valence electrons. The fourth-order valence-corrected chi connectivity index (χ4v) is 4.21. The highest BCUT2D eigenvalue weighted by molar-refractivity contribution is 5.62. The Bertz CT molecular complexity index is 924. The molecule has 1 unspecified atom stereocenters. The van der Waals surface area contributed by atoms with Crippen LogP contribution in [0.1, 0.15) is 54.2 Å². The van der Waals surface area contributed by atoms with Crippen molar-refractivity contribution >= 4 is 5.69 Å². The van der Waals surface area contributed by atoms with Crippen molar-refractivity contribution in [2.24, 2.45) is 0 Å². The largest absolute Gasteiger partial charge is 0.388 e. The number of anilines is 1. The van der Waals surface area contributed by atoms with Crippen molar-refractivity contribution in [1.29, 1.82) is 0 Å². The Kier molecular flexibility index (Phi) is 5.63. The molecule has 0 saturated heterocycles. The van der Waals surface area contributed by atoms with E-state index >= 15 is 0 Å². The lowest BCUT2D eigenvalue weighted by molar-refractivity contribution is 0.166. The summed E-state index contributed by atoms with van der Waals surface area (Å²) in [5.74, 6) is -0.550. The summed E-state index contributed by atoms with van der Waals surface area (Å²) in [7, 11) is 0. The molecule has 1 aliphatic heterocycles. The monoisotopic (exact) mass is 393 g/mol. The van der Waals surface area contributed by atoms with Gasteiger partial charge in [-0.15, -0.1) is 0 Å². The van der Waals surface area contributed by atoms with Crippen molar-refractivity contribution in [2.45, 2.75) is 38.3 Å². The van der Waals surface area contributed by atoms with Crippen molar-refractivity contribution in [2.75, 3.05) is 11.4 Å². The molecule has 0 radical (unpaired) electrons. The molecule has 4 rings (SSSR count). The number of benzene rings is 3. The molecule has 0 aliphatic carbocycles. The number of halogens is 2. The van der Waals surface area contributed by atoms with Gasteiger partial charge in [0.05, 0.1) is 12.1 Å². The quantitative estimate of drug-likeness (QED) is 0.559. The Morgan fingerprint density at radius 1 is 0.862 bits per heavy atom. The van der Waals surface area contributed by atoms with E-state index in [2.05, 4.69) is 24.0 Å². The molecule has 0 amide bonds. The highest BCUT2D eigenvalue weighted by atomic mass is 19.1. The minimum Gasteiger partial charge on any atom is -0.388 e. The van der Waals surface area contributed by atoms with E-state index in [1.165, 1.54) is 29.8 Å². The predicted molar refractivity (Wildman–Crippen MR) is 112 cm³/mol. The topological polar surface area (TPSA) is 23.5 Å². The Morgan fingerprint density at radius 3 is 1.97 bits per heavy atom. The minimum absolute atomic E-state index is 0.135. The van der Waals surface area contributed by atoms with E-state index in [0.29, 0.717) is 0 Å². The number of hydrogen-bond acceptors (Lipinski definition) is 2. The number of aliphatic hydroxyl groups excluding tert-OH is 1. The van der Waals surface area contributed by atoms with Crippen LogP contribution in [-0.4, -0.2) is 11.7 Å². The van der Waals surface area contributed by atoms with Gasteiger partial charge in [-0.25, -0.2) is 8.78 Å². The highest BCUT2D eigenvalue weighted by Gasteiger charge is 2.29. The SMILES string of the molecule is CCCC(O)c1ccc2c(c1)CCN2C(c1ccc(F)cc1)c1ccc(F)cc1. The molecule has 0 bridgehead atoms. The zero-order valence-electron chi connectivity index (χ0n) is 16.5. The summed E-state index contributed by atoms with van der Waals surface area (Å²) in [5, 5.41) is 10.4. The van der Waals surface area contributed by atoms with E-state index in [0.717, 1.165) is 48.2 Å².